The summed E-state index contributed by atoms with van der Waals surface area (Å²) in [6, 6.07) is 14.8. The van der Waals surface area contributed by atoms with Gasteiger partial charge in [-0.25, -0.2) is 9.13 Å². The smallest absolute Gasteiger partial charge is 0.244 e. The van der Waals surface area contributed by atoms with Gasteiger partial charge in [-0.15, -0.1) is 0 Å². The second kappa shape index (κ2) is 11.9. The maximum Gasteiger partial charge on any atom is 0.244 e. The van der Waals surface area contributed by atoms with Crippen LogP contribution in [0.3, 0.4) is 0 Å². The highest BCUT2D eigenvalue weighted by atomic mass is 79.9. The van der Waals surface area contributed by atoms with Crippen molar-refractivity contribution < 1.29 is 35.8 Å². The highest BCUT2D eigenvalue weighted by molar-refractivity contribution is 5.99. The zero-order chi connectivity index (χ0) is 32.1. The Labute approximate surface area is 297 Å². The second-order valence-electron chi connectivity index (χ2n) is 17.2. The molecule has 48 heavy (non-hydrogen) atoms. The first-order valence-corrected chi connectivity index (χ1v) is 18.8. The fourth-order valence-electron chi connectivity index (χ4n) is 12.3. The Kier molecular flexibility index (Phi) is 8.16. The van der Waals surface area contributed by atoms with Crippen LogP contribution in [0.25, 0.3) is 10.8 Å². The molecule has 0 bridgehead atoms. The van der Waals surface area contributed by atoms with E-state index in [0.29, 0.717) is 47.3 Å². The number of carbonyl (C=O) groups is 1. The third-order valence-electron chi connectivity index (χ3n) is 14.9. The number of fused-ring (bicyclic) bond motifs is 8. The summed E-state index contributed by atoms with van der Waals surface area (Å²) >= 11 is 0. The van der Waals surface area contributed by atoms with Gasteiger partial charge in [-0.1, -0.05) is 75.7 Å². The molecule has 3 aromatic rings. The van der Waals surface area contributed by atoms with Crippen LogP contribution in [0.5, 0.6) is 0 Å². The van der Waals surface area contributed by atoms with Crippen LogP contribution in [-0.2, 0) is 16.0 Å². The largest absolute Gasteiger partial charge is 1.00 e. The van der Waals surface area contributed by atoms with Gasteiger partial charge in [0.25, 0.3) is 0 Å². The van der Waals surface area contributed by atoms with Crippen molar-refractivity contribution in [2.75, 3.05) is 6.61 Å². The van der Waals surface area contributed by atoms with E-state index in [4.69, 9.17) is 9.47 Å². The molecule has 11 atom stereocenters. The van der Waals surface area contributed by atoms with Gasteiger partial charge in [0.1, 0.15) is 18.4 Å². The first-order valence-electron chi connectivity index (χ1n) is 18.8. The Morgan fingerprint density at radius 1 is 1.00 bits per heavy atom. The number of hydrogen-bond donors (Lipinski definition) is 0. The van der Waals surface area contributed by atoms with E-state index >= 15 is 0 Å². The molecule has 3 heterocycles. The molecule has 6 heteroatoms. The quantitative estimate of drug-likeness (QED) is 0.198. The molecule has 3 saturated carbocycles. The van der Waals surface area contributed by atoms with E-state index in [1.807, 2.05) is 24.3 Å². The molecule has 0 unspecified atom stereocenters. The average Bonchev–Trinajstić information content (AvgIpc) is 3.74. The molecule has 2 saturated heterocycles. The first-order chi connectivity index (χ1) is 22.7. The molecule has 0 radical (unpaired) electrons. The monoisotopic (exact) mass is 712 g/mol. The SMILES string of the molecule is C[C@@H]1CC[C@@]2(OC1)O[C@H]1C[C@H]3[C@@H]4CC=C5C[C@@H](n6cc[n+](CC(=O)c7ccc8ccccc8c7)c6)CC[C@]5(C)[C@H]4CC[C@]3(C)[C@H]1[C@@H]2C.[Br-]. The third kappa shape index (κ3) is 4.97. The van der Waals surface area contributed by atoms with E-state index in [1.54, 1.807) is 5.57 Å². The van der Waals surface area contributed by atoms with E-state index in [-0.39, 0.29) is 28.6 Å². The number of ketones is 1. The van der Waals surface area contributed by atoms with Gasteiger partial charge in [-0.05, 0) is 102 Å². The minimum Gasteiger partial charge on any atom is -1.00 e. The van der Waals surface area contributed by atoms with Gasteiger partial charge >= 0.3 is 0 Å². The number of allylic oxidation sites excluding steroid dienone is 2. The molecule has 1 aromatic heterocycles. The Morgan fingerprint density at radius 3 is 2.65 bits per heavy atom. The summed E-state index contributed by atoms with van der Waals surface area (Å²) in [7, 11) is 0. The lowest BCUT2D eigenvalue weighted by Crippen LogP contribution is -3.00. The average molecular weight is 714 g/mol. The Hall–Kier alpha value is -2.28. The summed E-state index contributed by atoms with van der Waals surface area (Å²) in [4.78, 5) is 13.2. The molecule has 2 aliphatic heterocycles. The summed E-state index contributed by atoms with van der Waals surface area (Å²) in [5.41, 5.74) is 3.16. The van der Waals surface area contributed by atoms with E-state index in [9.17, 15) is 4.79 Å². The highest BCUT2D eigenvalue weighted by Crippen LogP contribution is 2.71. The first kappa shape index (κ1) is 32.9. The molecule has 4 aliphatic carbocycles. The van der Waals surface area contributed by atoms with E-state index < -0.39 is 0 Å². The Balaban J connectivity index is 0.00000336. The lowest BCUT2D eigenvalue weighted by atomic mass is 9.46. The van der Waals surface area contributed by atoms with E-state index in [0.717, 1.165) is 48.2 Å². The number of hydrogen-bond acceptors (Lipinski definition) is 3. The molecule has 1 spiro atoms. The lowest BCUT2D eigenvalue weighted by Gasteiger charge is -2.58. The van der Waals surface area contributed by atoms with Gasteiger partial charge in [-0.2, -0.15) is 0 Å². The number of aromatic nitrogens is 2. The number of benzene rings is 2. The molecule has 5 nitrogen and oxygen atoms in total. The van der Waals surface area contributed by atoms with Crippen LogP contribution in [0.15, 0.2) is 72.8 Å². The van der Waals surface area contributed by atoms with Crippen molar-refractivity contribution >= 4 is 16.6 Å². The van der Waals surface area contributed by atoms with Crippen LogP contribution in [-0.4, -0.2) is 28.8 Å². The summed E-state index contributed by atoms with van der Waals surface area (Å²) in [6.07, 6.45) is 20.6. The van der Waals surface area contributed by atoms with Gasteiger partial charge in [0.2, 0.25) is 12.1 Å². The number of halogens is 1. The normalized spacial score (nSPS) is 41.5. The van der Waals surface area contributed by atoms with Gasteiger partial charge in [-0.3, -0.25) is 4.79 Å². The Morgan fingerprint density at radius 2 is 1.83 bits per heavy atom. The highest BCUT2D eigenvalue weighted by Gasteiger charge is 2.68. The summed E-state index contributed by atoms with van der Waals surface area (Å²) < 4.78 is 18.0. The standard InChI is InChI=1S/C42H53N2O3.BrH/c1-27-13-18-42(46-25-27)28(2)39-38(47-42)23-36-34-12-11-32-22-33(14-16-40(32,3)35(34)15-17-41(36,39)4)44-20-19-43(26-44)24-37(45)31-10-9-29-7-5-6-8-30(29)21-31;/h5-11,19-21,26-28,33-36,38-39H,12-18,22-25H2,1-4H3;1H/q+1;/p-1/t27-,28+,33+,34-,35+,36+,38+,39+,40+,41+,42-;/m1./s1. The van der Waals surface area contributed by atoms with Gasteiger partial charge in [0.05, 0.1) is 12.7 Å². The number of imidazole rings is 1. The molecular formula is C42H53BrN2O3. The topological polar surface area (TPSA) is 44.3 Å². The maximum absolute atomic E-state index is 13.2. The van der Waals surface area contributed by atoms with Crippen molar-refractivity contribution in [3.63, 3.8) is 0 Å². The molecule has 2 aromatic carbocycles. The number of carbonyl (C=O) groups excluding carboxylic acids is 1. The zero-order valence-corrected chi connectivity index (χ0v) is 30.8. The Bertz CT molecular complexity index is 1740. The van der Waals surface area contributed by atoms with Gasteiger partial charge < -0.3 is 26.5 Å². The minimum atomic E-state index is -0.322. The van der Waals surface area contributed by atoms with Gasteiger partial charge in [0, 0.05) is 24.3 Å². The van der Waals surface area contributed by atoms with Crippen molar-refractivity contribution in [2.24, 2.45) is 46.3 Å². The van der Waals surface area contributed by atoms with E-state index in [1.165, 1.54) is 50.3 Å². The molecular weight excluding hydrogens is 660 g/mol. The fourth-order valence-corrected chi connectivity index (χ4v) is 12.3. The molecule has 256 valence electrons. The lowest BCUT2D eigenvalue weighted by molar-refractivity contribution is -0.682. The molecule has 6 aliphatic rings. The van der Waals surface area contributed by atoms with Crippen LogP contribution in [0, 0.1) is 46.3 Å². The van der Waals surface area contributed by atoms with Crippen LogP contribution in [0.1, 0.15) is 102 Å². The summed E-state index contributed by atoms with van der Waals surface area (Å²) in [5.74, 6) is 3.92. The molecule has 0 N–H and O–H groups in total. The van der Waals surface area contributed by atoms with Gasteiger partial charge in [0.15, 0.2) is 12.3 Å². The summed E-state index contributed by atoms with van der Waals surface area (Å²) in [5, 5.41) is 2.29. The predicted molar refractivity (Wildman–Crippen MR) is 184 cm³/mol. The zero-order valence-electron chi connectivity index (χ0n) is 29.2. The van der Waals surface area contributed by atoms with E-state index in [2.05, 4.69) is 79.8 Å². The van der Waals surface area contributed by atoms with Crippen LogP contribution in [0.4, 0.5) is 0 Å². The van der Waals surface area contributed by atoms with Crippen LogP contribution >= 0.6 is 0 Å². The predicted octanol–water partition coefficient (Wildman–Crippen LogP) is 5.72. The van der Waals surface area contributed by atoms with Crippen LogP contribution < -0.4 is 21.5 Å². The molecule has 5 fully saturated rings. The van der Waals surface area contributed by atoms with Crippen molar-refractivity contribution in [2.45, 2.75) is 110 Å². The fraction of sp³-hybridized carbons (Fsp3) is 0.619. The number of nitrogens with zero attached hydrogens (tertiary/aromatic N) is 2. The molecule has 9 rings (SSSR count). The third-order valence-corrected chi connectivity index (χ3v) is 14.9. The number of rotatable bonds is 4. The summed E-state index contributed by atoms with van der Waals surface area (Å²) in [6.45, 7) is 11.3. The maximum atomic E-state index is 13.2. The van der Waals surface area contributed by atoms with Crippen molar-refractivity contribution in [3.8, 4) is 0 Å². The van der Waals surface area contributed by atoms with Crippen molar-refractivity contribution in [3.05, 3.63) is 78.4 Å². The second-order valence-corrected chi connectivity index (χ2v) is 17.2. The van der Waals surface area contributed by atoms with Crippen LogP contribution in [0.2, 0.25) is 0 Å². The number of ether oxygens (including phenoxy) is 2. The molecule has 0 amide bonds. The van der Waals surface area contributed by atoms with Crippen molar-refractivity contribution in [1.29, 1.82) is 0 Å². The number of Topliss-reactive ketones (excluding diaryl/α,β-unsaturated/α-hetero) is 1. The van der Waals surface area contributed by atoms with Crippen molar-refractivity contribution in [1.82, 2.24) is 4.57 Å². The minimum absolute atomic E-state index is 0.